The predicted octanol–water partition coefficient (Wildman–Crippen LogP) is 3.93. The van der Waals surface area contributed by atoms with Gasteiger partial charge < -0.3 is 20.5 Å². The highest BCUT2D eigenvalue weighted by Crippen LogP contribution is 2.26. The summed E-state index contributed by atoms with van der Waals surface area (Å²) in [4.78, 5) is 0. The molecule has 0 saturated carbocycles. The first kappa shape index (κ1) is 21.3. The second kappa shape index (κ2) is 13.2. The quantitative estimate of drug-likeness (QED) is 0.441. The summed E-state index contributed by atoms with van der Waals surface area (Å²) in [7, 11) is 1.58. The lowest BCUT2D eigenvalue weighted by Gasteiger charge is -2.08. The Morgan fingerprint density at radius 2 is 1.37 bits per heavy atom. The number of hydrogen-bond donors (Lipinski definition) is 3. The minimum atomic E-state index is 0.198. The van der Waals surface area contributed by atoms with Crippen molar-refractivity contribution in [1.82, 2.24) is 10.6 Å². The van der Waals surface area contributed by atoms with Gasteiger partial charge >= 0.3 is 0 Å². The third kappa shape index (κ3) is 8.94. The van der Waals surface area contributed by atoms with Crippen LogP contribution in [-0.4, -0.2) is 38.4 Å². The molecule has 0 saturated heterocycles. The molecule has 4 nitrogen and oxygen atoms in total. The first-order valence-corrected chi connectivity index (χ1v) is 10.1. The summed E-state index contributed by atoms with van der Waals surface area (Å²) in [6.45, 7) is 4.20. The molecule has 3 N–H and O–H groups in total. The first-order chi connectivity index (χ1) is 13.3. The molecule has 2 aromatic rings. The van der Waals surface area contributed by atoms with E-state index in [1.165, 1.54) is 36.8 Å². The SMILES string of the molecule is COc1cc(CCNCCCCCCNCCc2ccccc2)ccc1O. The number of unbranched alkanes of at least 4 members (excludes halogenated alkanes) is 3. The molecule has 0 radical (unpaired) electrons. The molecule has 2 rings (SSSR count). The van der Waals surface area contributed by atoms with E-state index in [1.54, 1.807) is 13.2 Å². The molecular formula is C23H34N2O2. The van der Waals surface area contributed by atoms with Gasteiger partial charge in [0, 0.05) is 0 Å². The fraction of sp³-hybridized carbons (Fsp3) is 0.478. The van der Waals surface area contributed by atoms with E-state index in [4.69, 9.17) is 4.74 Å². The lowest BCUT2D eigenvalue weighted by Crippen LogP contribution is -2.19. The number of ether oxygens (including phenoxy) is 1. The lowest BCUT2D eigenvalue weighted by molar-refractivity contribution is 0.373. The van der Waals surface area contributed by atoms with Crippen LogP contribution in [-0.2, 0) is 12.8 Å². The van der Waals surface area contributed by atoms with Crippen LogP contribution in [0.1, 0.15) is 36.8 Å². The van der Waals surface area contributed by atoms with Crippen LogP contribution in [0.5, 0.6) is 11.5 Å². The molecule has 0 aliphatic carbocycles. The van der Waals surface area contributed by atoms with Gasteiger partial charge in [0.25, 0.3) is 0 Å². The van der Waals surface area contributed by atoms with Crippen LogP contribution in [0.15, 0.2) is 48.5 Å². The number of aromatic hydroxyl groups is 1. The van der Waals surface area contributed by atoms with E-state index in [0.717, 1.165) is 39.0 Å². The summed E-state index contributed by atoms with van der Waals surface area (Å²) in [5, 5.41) is 16.6. The van der Waals surface area contributed by atoms with Crippen LogP contribution in [0.4, 0.5) is 0 Å². The average molecular weight is 371 g/mol. The van der Waals surface area contributed by atoms with Gasteiger partial charge in [0.15, 0.2) is 11.5 Å². The number of nitrogens with one attached hydrogen (secondary N) is 2. The molecule has 0 amide bonds. The maximum atomic E-state index is 9.60. The standard InChI is InChI=1S/C23H34N2O2/c1-27-23-19-21(11-12-22(23)26)14-18-25-16-8-3-2-7-15-24-17-13-20-9-5-4-6-10-20/h4-6,9-12,19,24-26H,2-3,7-8,13-18H2,1H3. The number of hydrogen-bond acceptors (Lipinski definition) is 4. The van der Waals surface area contributed by atoms with Crippen molar-refractivity contribution in [2.75, 3.05) is 33.3 Å². The van der Waals surface area contributed by atoms with Gasteiger partial charge in [0.05, 0.1) is 7.11 Å². The second-order valence-corrected chi connectivity index (χ2v) is 6.91. The zero-order chi connectivity index (χ0) is 19.2. The summed E-state index contributed by atoms with van der Waals surface area (Å²) in [5.74, 6) is 0.744. The number of methoxy groups -OCH3 is 1. The highest BCUT2D eigenvalue weighted by molar-refractivity contribution is 5.41. The van der Waals surface area contributed by atoms with Crippen LogP contribution < -0.4 is 15.4 Å². The van der Waals surface area contributed by atoms with Crippen molar-refractivity contribution in [2.45, 2.75) is 38.5 Å². The van der Waals surface area contributed by atoms with Crippen LogP contribution in [0, 0.1) is 0 Å². The molecule has 2 aromatic carbocycles. The Bertz CT molecular complexity index is 632. The minimum absolute atomic E-state index is 0.198. The number of rotatable bonds is 14. The Balaban J connectivity index is 1.38. The van der Waals surface area contributed by atoms with Gasteiger partial charge in [0.2, 0.25) is 0 Å². The summed E-state index contributed by atoms with van der Waals surface area (Å²) >= 11 is 0. The van der Waals surface area contributed by atoms with E-state index in [0.29, 0.717) is 5.75 Å². The zero-order valence-electron chi connectivity index (χ0n) is 16.5. The molecule has 27 heavy (non-hydrogen) atoms. The highest BCUT2D eigenvalue weighted by atomic mass is 16.5. The fourth-order valence-electron chi connectivity index (χ4n) is 3.09. The van der Waals surface area contributed by atoms with Gasteiger partial charge in [-0.05, 0) is 75.1 Å². The van der Waals surface area contributed by atoms with Crippen LogP contribution in [0.2, 0.25) is 0 Å². The molecule has 0 unspecified atom stereocenters. The zero-order valence-corrected chi connectivity index (χ0v) is 16.5. The van der Waals surface area contributed by atoms with Gasteiger partial charge in [-0.1, -0.05) is 49.2 Å². The summed E-state index contributed by atoms with van der Waals surface area (Å²) in [6, 6.07) is 16.2. The van der Waals surface area contributed by atoms with E-state index < -0.39 is 0 Å². The molecule has 0 fully saturated rings. The van der Waals surface area contributed by atoms with Crippen molar-refractivity contribution >= 4 is 0 Å². The smallest absolute Gasteiger partial charge is 0.160 e. The van der Waals surface area contributed by atoms with Crippen molar-refractivity contribution in [2.24, 2.45) is 0 Å². The van der Waals surface area contributed by atoms with Gasteiger partial charge in [-0.25, -0.2) is 0 Å². The molecule has 0 atom stereocenters. The number of benzene rings is 2. The van der Waals surface area contributed by atoms with Crippen molar-refractivity contribution in [1.29, 1.82) is 0 Å². The monoisotopic (exact) mass is 370 g/mol. The van der Waals surface area contributed by atoms with Gasteiger partial charge in [-0.3, -0.25) is 0 Å². The summed E-state index contributed by atoms with van der Waals surface area (Å²) in [5.41, 5.74) is 2.58. The molecule has 0 bridgehead atoms. The predicted molar refractivity (Wildman–Crippen MR) is 113 cm³/mol. The van der Waals surface area contributed by atoms with Gasteiger partial charge in [0.1, 0.15) is 0 Å². The van der Waals surface area contributed by atoms with Crippen LogP contribution in [0.3, 0.4) is 0 Å². The lowest BCUT2D eigenvalue weighted by atomic mass is 10.1. The Morgan fingerprint density at radius 1 is 0.741 bits per heavy atom. The van der Waals surface area contributed by atoms with E-state index in [9.17, 15) is 5.11 Å². The van der Waals surface area contributed by atoms with Crippen molar-refractivity contribution in [3.63, 3.8) is 0 Å². The third-order valence-electron chi connectivity index (χ3n) is 4.72. The summed E-state index contributed by atoms with van der Waals surface area (Å²) in [6.07, 6.45) is 7.10. The summed E-state index contributed by atoms with van der Waals surface area (Å²) < 4.78 is 5.14. The van der Waals surface area contributed by atoms with E-state index in [1.807, 2.05) is 12.1 Å². The molecule has 0 aliphatic heterocycles. The molecule has 4 heteroatoms. The number of phenolic OH excluding ortho intramolecular Hbond substituents is 1. The third-order valence-corrected chi connectivity index (χ3v) is 4.72. The van der Waals surface area contributed by atoms with Gasteiger partial charge in [-0.15, -0.1) is 0 Å². The Kier molecular flexibility index (Phi) is 10.4. The van der Waals surface area contributed by atoms with Crippen LogP contribution in [0.25, 0.3) is 0 Å². The molecule has 0 aliphatic rings. The maximum Gasteiger partial charge on any atom is 0.160 e. The Labute approximate surface area is 164 Å². The van der Waals surface area contributed by atoms with E-state index in [-0.39, 0.29) is 5.75 Å². The second-order valence-electron chi connectivity index (χ2n) is 6.91. The highest BCUT2D eigenvalue weighted by Gasteiger charge is 2.02. The topological polar surface area (TPSA) is 53.5 Å². The van der Waals surface area contributed by atoms with Crippen molar-refractivity contribution in [3.8, 4) is 11.5 Å². The first-order valence-electron chi connectivity index (χ1n) is 10.1. The van der Waals surface area contributed by atoms with E-state index >= 15 is 0 Å². The Morgan fingerprint density at radius 3 is 2.00 bits per heavy atom. The fourth-order valence-corrected chi connectivity index (χ4v) is 3.09. The molecule has 0 heterocycles. The minimum Gasteiger partial charge on any atom is -0.504 e. The largest absolute Gasteiger partial charge is 0.504 e. The van der Waals surface area contributed by atoms with Crippen LogP contribution >= 0.6 is 0 Å². The van der Waals surface area contributed by atoms with E-state index in [2.05, 4.69) is 41.0 Å². The van der Waals surface area contributed by atoms with Crippen molar-refractivity contribution in [3.05, 3.63) is 59.7 Å². The normalized spacial score (nSPS) is 10.9. The molecule has 0 aromatic heterocycles. The molecule has 0 spiro atoms. The molecule has 148 valence electrons. The Hall–Kier alpha value is -2.04. The number of phenols is 1. The molecular weight excluding hydrogens is 336 g/mol. The van der Waals surface area contributed by atoms with Crippen molar-refractivity contribution < 1.29 is 9.84 Å². The average Bonchev–Trinajstić information content (AvgIpc) is 2.70. The van der Waals surface area contributed by atoms with Gasteiger partial charge in [-0.2, -0.15) is 0 Å². The maximum absolute atomic E-state index is 9.60.